The number of carbonyl (C=O) groups is 2. The summed E-state index contributed by atoms with van der Waals surface area (Å²) in [5.74, 6) is 0.182. The van der Waals surface area contributed by atoms with E-state index in [1.165, 1.54) is 0 Å². The monoisotopic (exact) mass is 225 g/mol. The van der Waals surface area contributed by atoms with Crippen molar-refractivity contribution in [3.8, 4) is 0 Å². The smallest absolute Gasteiger partial charge is 0.239 e. The van der Waals surface area contributed by atoms with Gasteiger partial charge in [0.25, 0.3) is 0 Å². The number of likely N-dealkylation sites (N-methyl/N-ethyl adjacent to an activating group) is 1. The van der Waals surface area contributed by atoms with Crippen LogP contribution in [0.3, 0.4) is 0 Å². The van der Waals surface area contributed by atoms with Crippen molar-refractivity contribution < 1.29 is 9.59 Å². The molecule has 2 atom stereocenters. The third-order valence-electron chi connectivity index (χ3n) is 3.34. The van der Waals surface area contributed by atoms with Crippen molar-refractivity contribution in [3.05, 3.63) is 0 Å². The minimum Gasteiger partial charge on any atom is -0.355 e. The molecule has 0 aromatic carbocycles. The van der Waals surface area contributed by atoms with Gasteiger partial charge in [0.05, 0.1) is 12.5 Å². The van der Waals surface area contributed by atoms with Gasteiger partial charge in [-0.1, -0.05) is 0 Å². The Morgan fingerprint density at radius 1 is 1.62 bits per heavy atom. The normalized spacial score (nSPS) is 29.1. The Balaban J connectivity index is 1.92. The van der Waals surface area contributed by atoms with Crippen LogP contribution in [0.25, 0.3) is 0 Å². The third kappa shape index (κ3) is 2.19. The molecular weight excluding hydrogens is 206 g/mol. The zero-order valence-corrected chi connectivity index (χ0v) is 9.66. The maximum Gasteiger partial charge on any atom is 0.239 e. The lowest BCUT2D eigenvalue weighted by Crippen LogP contribution is -2.41. The summed E-state index contributed by atoms with van der Waals surface area (Å²) in [5, 5.41) is 6.07. The van der Waals surface area contributed by atoms with Gasteiger partial charge in [0, 0.05) is 19.1 Å². The SMILES string of the molecule is CCNC(=O)CN1CC2NCCCC2C1=O. The van der Waals surface area contributed by atoms with E-state index in [9.17, 15) is 9.59 Å². The predicted molar refractivity (Wildman–Crippen MR) is 59.8 cm³/mol. The van der Waals surface area contributed by atoms with Crippen LogP contribution >= 0.6 is 0 Å². The molecule has 0 aliphatic carbocycles. The van der Waals surface area contributed by atoms with Gasteiger partial charge in [0.15, 0.2) is 0 Å². The molecule has 0 bridgehead atoms. The fourth-order valence-corrected chi connectivity index (χ4v) is 2.57. The Morgan fingerprint density at radius 2 is 2.44 bits per heavy atom. The molecule has 0 aromatic rings. The Morgan fingerprint density at radius 3 is 3.12 bits per heavy atom. The Kier molecular flexibility index (Phi) is 3.43. The van der Waals surface area contributed by atoms with Crippen LogP contribution in [0, 0.1) is 5.92 Å². The molecule has 5 nitrogen and oxygen atoms in total. The molecule has 5 heteroatoms. The van der Waals surface area contributed by atoms with E-state index in [0.717, 1.165) is 19.4 Å². The summed E-state index contributed by atoms with van der Waals surface area (Å²) in [5.41, 5.74) is 0. The van der Waals surface area contributed by atoms with Crippen molar-refractivity contribution in [1.29, 1.82) is 0 Å². The van der Waals surface area contributed by atoms with Crippen molar-refractivity contribution in [1.82, 2.24) is 15.5 Å². The van der Waals surface area contributed by atoms with Crippen LogP contribution in [0.4, 0.5) is 0 Å². The molecule has 2 rings (SSSR count). The molecule has 0 saturated carbocycles. The van der Waals surface area contributed by atoms with Crippen LogP contribution in [0.2, 0.25) is 0 Å². The van der Waals surface area contributed by atoms with Crippen LogP contribution in [0.15, 0.2) is 0 Å². The fourth-order valence-electron chi connectivity index (χ4n) is 2.57. The lowest BCUT2D eigenvalue weighted by atomic mass is 9.94. The molecule has 0 spiro atoms. The summed E-state index contributed by atoms with van der Waals surface area (Å²) >= 11 is 0. The highest BCUT2D eigenvalue weighted by molar-refractivity contribution is 5.88. The molecule has 0 radical (unpaired) electrons. The third-order valence-corrected chi connectivity index (χ3v) is 3.34. The van der Waals surface area contributed by atoms with Crippen molar-refractivity contribution in [2.75, 3.05) is 26.2 Å². The van der Waals surface area contributed by atoms with E-state index in [0.29, 0.717) is 13.1 Å². The number of hydrogen-bond donors (Lipinski definition) is 2. The maximum atomic E-state index is 12.0. The van der Waals surface area contributed by atoms with Gasteiger partial charge in [-0.2, -0.15) is 0 Å². The lowest BCUT2D eigenvalue weighted by Gasteiger charge is -2.23. The quantitative estimate of drug-likeness (QED) is 0.670. The highest BCUT2D eigenvalue weighted by atomic mass is 16.2. The summed E-state index contributed by atoms with van der Waals surface area (Å²) < 4.78 is 0. The molecule has 2 unspecified atom stereocenters. The number of piperidine rings is 1. The highest BCUT2D eigenvalue weighted by Crippen LogP contribution is 2.25. The zero-order chi connectivity index (χ0) is 11.5. The molecule has 16 heavy (non-hydrogen) atoms. The average molecular weight is 225 g/mol. The van der Waals surface area contributed by atoms with Gasteiger partial charge in [-0.3, -0.25) is 9.59 Å². The predicted octanol–water partition coefficient (Wildman–Crippen LogP) is -0.667. The first kappa shape index (κ1) is 11.4. The molecule has 2 aliphatic rings. The van der Waals surface area contributed by atoms with Crippen LogP contribution in [0.5, 0.6) is 0 Å². The number of hydrogen-bond acceptors (Lipinski definition) is 3. The Labute approximate surface area is 95.6 Å². The van der Waals surface area contributed by atoms with Gasteiger partial charge in [0.1, 0.15) is 0 Å². The van der Waals surface area contributed by atoms with Crippen molar-refractivity contribution in [3.63, 3.8) is 0 Å². The molecule has 90 valence electrons. The van der Waals surface area contributed by atoms with E-state index in [-0.39, 0.29) is 30.3 Å². The maximum absolute atomic E-state index is 12.0. The number of rotatable bonds is 3. The first-order chi connectivity index (χ1) is 7.72. The van der Waals surface area contributed by atoms with Gasteiger partial charge >= 0.3 is 0 Å². The second-order valence-corrected chi connectivity index (χ2v) is 4.48. The van der Waals surface area contributed by atoms with Crippen LogP contribution in [0.1, 0.15) is 19.8 Å². The molecule has 2 amide bonds. The summed E-state index contributed by atoms with van der Waals surface area (Å²) in [6.45, 7) is 4.38. The summed E-state index contributed by atoms with van der Waals surface area (Å²) in [6.07, 6.45) is 2.02. The Hall–Kier alpha value is -1.10. The van der Waals surface area contributed by atoms with Crippen LogP contribution < -0.4 is 10.6 Å². The van der Waals surface area contributed by atoms with Gasteiger partial charge in [-0.15, -0.1) is 0 Å². The topological polar surface area (TPSA) is 61.4 Å². The lowest BCUT2D eigenvalue weighted by molar-refractivity contribution is -0.135. The van der Waals surface area contributed by atoms with Gasteiger partial charge in [-0.25, -0.2) is 0 Å². The second-order valence-electron chi connectivity index (χ2n) is 4.48. The molecule has 2 fully saturated rings. The van der Waals surface area contributed by atoms with E-state index in [4.69, 9.17) is 0 Å². The number of fused-ring (bicyclic) bond motifs is 1. The van der Waals surface area contributed by atoms with Gasteiger partial charge < -0.3 is 15.5 Å². The number of amides is 2. The minimum absolute atomic E-state index is 0.0607. The van der Waals surface area contributed by atoms with Gasteiger partial charge in [0.2, 0.25) is 11.8 Å². The summed E-state index contributed by atoms with van der Waals surface area (Å²) in [7, 11) is 0. The van der Waals surface area contributed by atoms with E-state index >= 15 is 0 Å². The number of nitrogens with zero attached hydrogens (tertiary/aromatic N) is 1. The molecule has 2 N–H and O–H groups in total. The molecule has 2 aliphatic heterocycles. The van der Waals surface area contributed by atoms with Crippen molar-refractivity contribution in [2.24, 2.45) is 5.92 Å². The second kappa shape index (κ2) is 4.82. The molecule has 0 aromatic heterocycles. The average Bonchev–Trinajstić information content (AvgIpc) is 2.57. The molecule has 2 saturated heterocycles. The standard InChI is InChI=1S/C11H19N3O2/c1-2-12-10(15)7-14-6-9-8(11(14)16)4-3-5-13-9/h8-9,13H,2-7H2,1H3,(H,12,15). The van der Waals surface area contributed by atoms with Crippen molar-refractivity contribution in [2.45, 2.75) is 25.8 Å². The first-order valence-electron chi connectivity index (χ1n) is 6.01. The highest BCUT2D eigenvalue weighted by Gasteiger charge is 2.41. The summed E-state index contributed by atoms with van der Waals surface area (Å²) in [6, 6.07) is 0.260. The van der Waals surface area contributed by atoms with E-state index in [1.807, 2.05) is 6.92 Å². The van der Waals surface area contributed by atoms with E-state index in [1.54, 1.807) is 4.90 Å². The number of carbonyl (C=O) groups excluding carboxylic acids is 2. The summed E-state index contributed by atoms with van der Waals surface area (Å²) in [4.78, 5) is 25.1. The number of likely N-dealkylation sites (tertiary alicyclic amines) is 1. The van der Waals surface area contributed by atoms with Crippen molar-refractivity contribution >= 4 is 11.8 Å². The van der Waals surface area contributed by atoms with Gasteiger partial charge in [-0.05, 0) is 26.3 Å². The minimum atomic E-state index is -0.0607. The largest absolute Gasteiger partial charge is 0.355 e. The van der Waals surface area contributed by atoms with Crippen LogP contribution in [-0.2, 0) is 9.59 Å². The zero-order valence-electron chi connectivity index (χ0n) is 9.66. The van der Waals surface area contributed by atoms with Crippen LogP contribution in [-0.4, -0.2) is 48.9 Å². The van der Waals surface area contributed by atoms with E-state index < -0.39 is 0 Å². The molecule has 2 heterocycles. The fraction of sp³-hybridized carbons (Fsp3) is 0.818. The van der Waals surface area contributed by atoms with E-state index in [2.05, 4.69) is 10.6 Å². The number of nitrogens with one attached hydrogen (secondary N) is 2. The molecular formula is C11H19N3O2. The first-order valence-corrected chi connectivity index (χ1v) is 6.01. The Bertz CT molecular complexity index is 293.